The van der Waals surface area contributed by atoms with Crippen molar-refractivity contribution in [1.82, 2.24) is 5.32 Å². The minimum Gasteiger partial charge on any atom is -0.462 e. The smallest absolute Gasteiger partial charge is 0.333 e. The first-order valence-corrected chi connectivity index (χ1v) is 5.17. The maximum Gasteiger partial charge on any atom is 0.333 e. The Hall–Kier alpha value is -1.32. The van der Waals surface area contributed by atoms with Gasteiger partial charge in [0.25, 0.3) is 0 Å². The molecular weight excluding hydrogens is 194 g/mol. The Kier molecular flexibility index (Phi) is 7.32. The average Bonchev–Trinajstić information content (AvgIpc) is 2.17. The SMILES string of the molecule is C=C(C)C(=O)OCCCNC(=O)CCC. The van der Waals surface area contributed by atoms with Crippen LogP contribution in [0.1, 0.15) is 33.1 Å². The van der Waals surface area contributed by atoms with Gasteiger partial charge in [-0.25, -0.2) is 4.79 Å². The molecule has 0 aliphatic heterocycles. The minimum absolute atomic E-state index is 0.0451. The summed E-state index contributed by atoms with van der Waals surface area (Å²) in [5, 5.41) is 2.73. The van der Waals surface area contributed by atoms with Gasteiger partial charge < -0.3 is 10.1 Å². The third-order valence-electron chi connectivity index (χ3n) is 1.70. The van der Waals surface area contributed by atoms with Crippen LogP contribution in [0.25, 0.3) is 0 Å². The fraction of sp³-hybridized carbons (Fsp3) is 0.636. The highest BCUT2D eigenvalue weighted by Crippen LogP contribution is 1.93. The monoisotopic (exact) mass is 213 g/mol. The van der Waals surface area contributed by atoms with E-state index in [1.165, 1.54) is 0 Å². The Morgan fingerprint density at radius 3 is 2.60 bits per heavy atom. The lowest BCUT2D eigenvalue weighted by atomic mass is 10.3. The van der Waals surface area contributed by atoms with Crippen molar-refractivity contribution in [3.63, 3.8) is 0 Å². The molecule has 1 N–H and O–H groups in total. The van der Waals surface area contributed by atoms with E-state index in [1.807, 2.05) is 6.92 Å². The third kappa shape index (κ3) is 7.73. The van der Waals surface area contributed by atoms with Gasteiger partial charge in [-0.05, 0) is 19.8 Å². The molecule has 1 amide bonds. The van der Waals surface area contributed by atoms with E-state index in [4.69, 9.17) is 4.74 Å². The zero-order chi connectivity index (χ0) is 11.7. The van der Waals surface area contributed by atoms with Crippen LogP contribution < -0.4 is 5.32 Å². The second-order valence-electron chi connectivity index (χ2n) is 3.37. The number of rotatable bonds is 7. The molecule has 4 heteroatoms. The zero-order valence-electron chi connectivity index (χ0n) is 9.47. The van der Waals surface area contributed by atoms with Crippen LogP contribution in [0.3, 0.4) is 0 Å². The molecule has 0 heterocycles. The van der Waals surface area contributed by atoms with E-state index >= 15 is 0 Å². The molecular formula is C11H19NO3. The molecule has 0 aromatic carbocycles. The fourth-order valence-corrected chi connectivity index (χ4v) is 0.903. The fourth-order valence-electron chi connectivity index (χ4n) is 0.903. The second kappa shape index (κ2) is 8.03. The van der Waals surface area contributed by atoms with Crippen LogP contribution in [0.5, 0.6) is 0 Å². The van der Waals surface area contributed by atoms with E-state index in [1.54, 1.807) is 6.92 Å². The van der Waals surface area contributed by atoms with Crippen LogP contribution >= 0.6 is 0 Å². The van der Waals surface area contributed by atoms with Gasteiger partial charge in [-0.2, -0.15) is 0 Å². The summed E-state index contributed by atoms with van der Waals surface area (Å²) >= 11 is 0. The predicted octanol–water partition coefficient (Wildman–Crippen LogP) is 1.41. The first-order chi connectivity index (χ1) is 7.07. The van der Waals surface area contributed by atoms with Crippen molar-refractivity contribution in [2.24, 2.45) is 0 Å². The predicted molar refractivity (Wildman–Crippen MR) is 58.3 cm³/mol. The van der Waals surface area contributed by atoms with E-state index in [0.29, 0.717) is 31.6 Å². The Labute approximate surface area is 90.7 Å². The molecule has 0 unspecified atom stereocenters. The van der Waals surface area contributed by atoms with Crippen molar-refractivity contribution in [1.29, 1.82) is 0 Å². The van der Waals surface area contributed by atoms with Gasteiger partial charge in [0.05, 0.1) is 6.61 Å². The summed E-state index contributed by atoms with van der Waals surface area (Å²) in [5.74, 6) is -0.335. The molecule has 0 saturated carbocycles. The molecule has 0 spiro atoms. The molecule has 0 atom stereocenters. The molecule has 0 bridgehead atoms. The Balaban J connectivity index is 3.36. The van der Waals surface area contributed by atoms with Crippen LogP contribution in [-0.4, -0.2) is 25.0 Å². The van der Waals surface area contributed by atoms with Gasteiger partial charge in [0.1, 0.15) is 0 Å². The van der Waals surface area contributed by atoms with Crippen molar-refractivity contribution < 1.29 is 14.3 Å². The first-order valence-electron chi connectivity index (χ1n) is 5.17. The lowest BCUT2D eigenvalue weighted by Crippen LogP contribution is -2.25. The van der Waals surface area contributed by atoms with Crippen LogP contribution in [0, 0.1) is 0 Å². The number of amides is 1. The summed E-state index contributed by atoms with van der Waals surface area (Å²) in [4.78, 5) is 21.9. The Morgan fingerprint density at radius 2 is 2.07 bits per heavy atom. The van der Waals surface area contributed by atoms with Gasteiger partial charge in [0.15, 0.2) is 0 Å². The molecule has 0 rings (SSSR count). The number of carbonyl (C=O) groups is 2. The van der Waals surface area contributed by atoms with Crippen molar-refractivity contribution in [2.75, 3.05) is 13.2 Å². The van der Waals surface area contributed by atoms with E-state index in [9.17, 15) is 9.59 Å². The average molecular weight is 213 g/mol. The number of carbonyl (C=O) groups excluding carboxylic acids is 2. The normalized spacial score (nSPS) is 9.47. The van der Waals surface area contributed by atoms with E-state index in [-0.39, 0.29) is 11.9 Å². The van der Waals surface area contributed by atoms with Gasteiger partial charge >= 0.3 is 5.97 Å². The highest BCUT2D eigenvalue weighted by atomic mass is 16.5. The van der Waals surface area contributed by atoms with Gasteiger partial charge in [-0.3, -0.25) is 4.79 Å². The maximum absolute atomic E-state index is 11.0. The van der Waals surface area contributed by atoms with Crippen LogP contribution in [0.2, 0.25) is 0 Å². The van der Waals surface area contributed by atoms with Crippen LogP contribution in [0.15, 0.2) is 12.2 Å². The summed E-state index contributed by atoms with van der Waals surface area (Å²) in [6.07, 6.45) is 2.02. The van der Waals surface area contributed by atoms with Crippen molar-refractivity contribution >= 4 is 11.9 Å². The van der Waals surface area contributed by atoms with Crippen molar-refractivity contribution in [3.05, 3.63) is 12.2 Å². The van der Waals surface area contributed by atoms with E-state index in [0.717, 1.165) is 6.42 Å². The summed E-state index contributed by atoms with van der Waals surface area (Å²) in [6.45, 7) is 7.88. The number of hydrogen-bond acceptors (Lipinski definition) is 3. The number of ether oxygens (including phenoxy) is 1. The molecule has 0 aromatic heterocycles. The zero-order valence-corrected chi connectivity index (χ0v) is 9.47. The van der Waals surface area contributed by atoms with Gasteiger partial charge in [0, 0.05) is 18.5 Å². The van der Waals surface area contributed by atoms with Crippen molar-refractivity contribution in [2.45, 2.75) is 33.1 Å². The Morgan fingerprint density at radius 1 is 1.40 bits per heavy atom. The minimum atomic E-state index is -0.380. The van der Waals surface area contributed by atoms with Crippen LogP contribution in [-0.2, 0) is 14.3 Å². The molecule has 0 aliphatic rings. The molecule has 0 aromatic rings. The third-order valence-corrected chi connectivity index (χ3v) is 1.70. The van der Waals surface area contributed by atoms with Crippen molar-refractivity contribution in [3.8, 4) is 0 Å². The molecule has 15 heavy (non-hydrogen) atoms. The topological polar surface area (TPSA) is 55.4 Å². The first kappa shape index (κ1) is 13.7. The van der Waals surface area contributed by atoms with E-state index < -0.39 is 0 Å². The highest BCUT2D eigenvalue weighted by molar-refractivity contribution is 5.86. The molecule has 0 radical (unpaired) electrons. The second-order valence-corrected chi connectivity index (χ2v) is 3.37. The van der Waals surface area contributed by atoms with Crippen LogP contribution in [0.4, 0.5) is 0 Å². The number of esters is 1. The highest BCUT2D eigenvalue weighted by Gasteiger charge is 2.02. The molecule has 4 nitrogen and oxygen atoms in total. The summed E-state index contributed by atoms with van der Waals surface area (Å²) in [6, 6.07) is 0. The summed E-state index contributed by atoms with van der Waals surface area (Å²) < 4.78 is 4.86. The maximum atomic E-state index is 11.0. The lowest BCUT2D eigenvalue weighted by molar-refractivity contribution is -0.138. The quantitative estimate of drug-likeness (QED) is 0.395. The van der Waals surface area contributed by atoms with Gasteiger partial charge in [-0.1, -0.05) is 13.5 Å². The standard InChI is InChI=1S/C11H19NO3/c1-4-6-10(13)12-7-5-8-15-11(14)9(2)3/h2,4-8H2,1,3H3,(H,12,13). The lowest BCUT2D eigenvalue weighted by Gasteiger charge is -2.05. The number of nitrogens with one attached hydrogen (secondary N) is 1. The molecule has 0 fully saturated rings. The number of hydrogen-bond donors (Lipinski definition) is 1. The largest absolute Gasteiger partial charge is 0.462 e. The molecule has 0 aliphatic carbocycles. The molecule has 0 saturated heterocycles. The summed E-state index contributed by atoms with van der Waals surface area (Å²) in [5.41, 5.74) is 0.394. The molecule has 86 valence electrons. The van der Waals surface area contributed by atoms with Gasteiger partial charge in [-0.15, -0.1) is 0 Å². The van der Waals surface area contributed by atoms with Gasteiger partial charge in [0.2, 0.25) is 5.91 Å². The Bertz CT molecular complexity index is 236. The van der Waals surface area contributed by atoms with E-state index in [2.05, 4.69) is 11.9 Å². The summed E-state index contributed by atoms with van der Waals surface area (Å²) in [7, 11) is 0.